The fourth-order valence-electron chi connectivity index (χ4n) is 1.08. The van der Waals surface area contributed by atoms with Gasteiger partial charge in [-0.2, -0.15) is 26.3 Å². The van der Waals surface area contributed by atoms with Crippen LogP contribution in [0.4, 0.5) is 30.7 Å². The van der Waals surface area contributed by atoms with Gasteiger partial charge in [-0.25, -0.2) is 4.39 Å². The van der Waals surface area contributed by atoms with Crippen molar-refractivity contribution in [3.05, 3.63) is 22.2 Å². The summed E-state index contributed by atoms with van der Waals surface area (Å²) in [4.78, 5) is 0. The van der Waals surface area contributed by atoms with Crippen LogP contribution >= 0.6 is 15.9 Å². The standard InChI is InChI=1S/C9H8BrF7/c1-3-6(4-5(2)10)7(11,8(12,13)14)9(15,16)17/h3-4H,1-2H3. The number of allylic oxidation sites excluding steroid dienone is 4. The molecule has 0 bridgehead atoms. The van der Waals surface area contributed by atoms with E-state index >= 15 is 0 Å². The van der Waals surface area contributed by atoms with Crippen LogP contribution in [0.3, 0.4) is 0 Å². The third-order valence-corrected chi connectivity index (χ3v) is 2.07. The van der Waals surface area contributed by atoms with Crippen LogP contribution in [0.15, 0.2) is 22.2 Å². The first-order valence-electron chi connectivity index (χ1n) is 4.21. The van der Waals surface area contributed by atoms with Gasteiger partial charge in [0, 0.05) is 5.57 Å². The summed E-state index contributed by atoms with van der Waals surface area (Å²) in [5, 5.41) is 0. The summed E-state index contributed by atoms with van der Waals surface area (Å²) < 4.78 is 87.2. The van der Waals surface area contributed by atoms with E-state index in [1.54, 1.807) is 0 Å². The van der Waals surface area contributed by atoms with Crippen molar-refractivity contribution in [1.82, 2.24) is 0 Å². The maximum absolute atomic E-state index is 13.4. The fourth-order valence-corrected chi connectivity index (χ4v) is 1.33. The Bertz CT molecular complexity index is 316. The molecule has 0 fully saturated rings. The second-order valence-corrected chi connectivity index (χ2v) is 4.38. The van der Waals surface area contributed by atoms with E-state index in [1.165, 1.54) is 6.92 Å². The Kier molecular flexibility index (Phi) is 4.84. The van der Waals surface area contributed by atoms with Crippen molar-refractivity contribution in [2.45, 2.75) is 31.9 Å². The summed E-state index contributed by atoms with van der Waals surface area (Å²) in [6, 6.07) is 0. The zero-order valence-electron chi connectivity index (χ0n) is 8.68. The minimum atomic E-state index is -6.08. The van der Waals surface area contributed by atoms with Gasteiger partial charge in [0.25, 0.3) is 0 Å². The number of hydrogen-bond donors (Lipinski definition) is 0. The van der Waals surface area contributed by atoms with Gasteiger partial charge in [0.05, 0.1) is 0 Å². The molecule has 0 heterocycles. The monoisotopic (exact) mass is 328 g/mol. The first-order chi connectivity index (χ1) is 7.38. The molecule has 0 radical (unpaired) electrons. The van der Waals surface area contributed by atoms with Crippen LogP contribution in [0.25, 0.3) is 0 Å². The maximum atomic E-state index is 13.4. The molecule has 0 aromatic heterocycles. The Morgan fingerprint density at radius 1 is 0.941 bits per heavy atom. The van der Waals surface area contributed by atoms with Gasteiger partial charge in [0.15, 0.2) is 0 Å². The maximum Gasteiger partial charge on any atom is 0.435 e. The van der Waals surface area contributed by atoms with E-state index in [-0.39, 0.29) is 4.48 Å². The third-order valence-electron chi connectivity index (χ3n) is 1.84. The van der Waals surface area contributed by atoms with Gasteiger partial charge in [-0.15, -0.1) is 0 Å². The van der Waals surface area contributed by atoms with Gasteiger partial charge < -0.3 is 0 Å². The third kappa shape index (κ3) is 3.23. The van der Waals surface area contributed by atoms with E-state index in [1.807, 2.05) is 0 Å². The van der Waals surface area contributed by atoms with Crippen LogP contribution < -0.4 is 0 Å². The van der Waals surface area contributed by atoms with Gasteiger partial charge in [-0.1, -0.05) is 22.0 Å². The molecule has 0 aliphatic heterocycles. The molecule has 0 aliphatic rings. The minimum absolute atomic E-state index is 0.0545. The normalized spacial score (nSPS) is 16.4. The Morgan fingerprint density at radius 3 is 1.47 bits per heavy atom. The van der Waals surface area contributed by atoms with Crippen molar-refractivity contribution >= 4 is 15.9 Å². The molecule has 0 saturated heterocycles. The van der Waals surface area contributed by atoms with Gasteiger partial charge in [-0.3, -0.25) is 0 Å². The summed E-state index contributed by atoms with van der Waals surface area (Å²) in [7, 11) is 0. The molecule has 0 amide bonds. The molecule has 100 valence electrons. The molecule has 0 N–H and O–H groups in total. The Labute approximate surface area is 101 Å². The van der Waals surface area contributed by atoms with E-state index in [0.29, 0.717) is 12.2 Å². The Hall–Kier alpha value is -0.530. The molecule has 0 aliphatic carbocycles. The van der Waals surface area contributed by atoms with E-state index in [0.717, 1.165) is 6.92 Å². The number of rotatable bonds is 2. The van der Waals surface area contributed by atoms with Gasteiger partial charge in [0.2, 0.25) is 0 Å². The highest BCUT2D eigenvalue weighted by Crippen LogP contribution is 2.51. The molecule has 0 atom stereocenters. The van der Waals surface area contributed by atoms with Crippen molar-refractivity contribution in [2.75, 3.05) is 0 Å². The van der Waals surface area contributed by atoms with Crippen molar-refractivity contribution < 1.29 is 30.7 Å². The smallest absolute Gasteiger partial charge is 0.218 e. The average Bonchev–Trinajstić information content (AvgIpc) is 2.08. The van der Waals surface area contributed by atoms with E-state index in [2.05, 4.69) is 15.9 Å². The highest BCUT2D eigenvalue weighted by Gasteiger charge is 2.73. The quantitative estimate of drug-likeness (QED) is 0.490. The molecular weight excluding hydrogens is 321 g/mol. The fraction of sp³-hybridized carbons (Fsp3) is 0.556. The SMILES string of the molecule is CC=C(C=C(C)Br)C(F)(C(F)(F)F)C(F)(F)F. The second-order valence-electron chi connectivity index (χ2n) is 3.13. The molecule has 0 aromatic carbocycles. The highest BCUT2D eigenvalue weighted by molar-refractivity contribution is 9.11. The van der Waals surface area contributed by atoms with Crippen molar-refractivity contribution in [3.8, 4) is 0 Å². The lowest BCUT2D eigenvalue weighted by Crippen LogP contribution is -2.54. The number of alkyl halides is 7. The molecule has 8 heteroatoms. The zero-order valence-corrected chi connectivity index (χ0v) is 10.3. The highest BCUT2D eigenvalue weighted by atomic mass is 79.9. The van der Waals surface area contributed by atoms with Crippen molar-refractivity contribution in [1.29, 1.82) is 0 Å². The van der Waals surface area contributed by atoms with E-state index < -0.39 is 23.6 Å². The Balaban J connectivity index is 5.91. The van der Waals surface area contributed by atoms with Gasteiger partial charge in [-0.05, 0) is 24.4 Å². The van der Waals surface area contributed by atoms with Crippen LogP contribution in [0.1, 0.15) is 13.8 Å². The Morgan fingerprint density at radius 2 is 1.29 bits per heavy atom. The molecule has 0 unspecified atom stereocenters. The molecule has 0 rings (SSSR count). The predicted octanol–water partition coefficient (Wildman–Crippen LogP) is 5.06. The summed E-state index contributed by atoms with van der Waals surface area (Å²) in [5.41, 5.74) is -6.88. The zero-order chi connectivity index (χ0) is 14.1. The lowest BCUT2D eigenvalue weighted by atomic mass is 9.93. The van der Waals surface area contributed by atoms with Crippen molar-refractivity contribution in [3.63, 3.8) is 0 Å². The summed E-state index contributed by atoms with van der Waals surface area (Å²) in [5.74, 6) is 0. The topological polar surface area (TPSA) is 0 Å². The molecule has 0 aromatic rings. The molecule has 17 heavy (non-hydrogen) atoms. The molecule has 0 nitrogen and oxygen atoms in total. The van der Waals surface area contributed by atoms with Crippen LogP contribution in [-0.4, -0.2) is 18.0 Å². The van der Waals surface area contributed by atoms with Gasteiger partial charge >= 0.3 is 18.0 Å². The van der Waals surface area contributed by atoms with Crippen molar-refractivity contribution in [2.24, 2.45) is 0 Å². The number of hydrogen-bond acceptors (Lipinski definition) is 0. The van der Waals surface area contributed by atoms with Crippen LogP contribution in [0, 0.1) is 0 Å². The lowest BCUT2D eigenvalue weighted by molar-refractivity contribution is -0.325. The number of halogens is 8. The largest absolute Gasteiger partial charge is 0.435 e. The molecule has 0 spiro atoms. The average molecular weight is 329 g/mol. The molecule has 0 saturated carbocycles. The van der Waals surface area contributed by atoms with Crippen LogP contribution in [0.5, 0.6) is 0 Å². The predicted molar refractivity (Wildman–Crippen MR) is 52.4 cm³/mol. The van der Waals surface area contributed by atoms with Crippen LogP contribution in [-0.2, 0) is 0 Å². The first kappa shape index (κ1) is 16.5. The van der Waals surface area contributed by atoms with Gasteiger partial charge in [0.1, 0.15) is 0 Å². The van der Waals surface area contributed by atoms with E-state index in [9.17, 15) is 30.7 Å². The molecular formula is C9H8BrF7. The first-order valence-corrected chi connectivity index (χ1v) is 5.00. The van der Waals surface area contributed by atoms with E-state index in [4.69, 9.17) is 0 Å². The summed E-state index contributed by atoms with van der Waals surface area (Å²) in [6.07, 6.45) is -11.3. The minimum Gasteiger partial charge on any atom is -0.218 e. The lowest BCUT2D eigenvalue weighted by Gasteiger charge is -2.31. The summed E-state index contributed by atoms with van der Waals surface area (Å²) >= 11 is 2.66. The summed E-state index contributed by atoms with van der Waals surface area (Å²) in [6.45, 7) is 2.09. The second kappa shape index (κ2) is 4.99. The van der Waals surface area contributed by atoms with Crippen LogP contribution in [0.2, 0.25) is 0 Å².